The fraction of sp³-hybridized carbons (Fsp3) is 0.154. The third-order valence-corrected chi connectivity index (χ3v) is 4.62. The van der Waals surface area contributed by atoms with Crippen molar-refractivity contribution in [1.29, 1.82) is 0 Å². The van der Waals surface area contributed by atoms with Crippen LogP contribution >= 0.6 is 35.6 Å². The summed E-state index contributed by atoms with van der Waals surface area (Å²) in [5.41, 5.74) is -0.0642. The van der Waals surface area contributed by atoms with Crippen LogP contribution in [-0.2, 0) is 6.18 Å². The first-order valence-corrected chi connectivity index (χ1v) is 8.50. The Morgan fingerprint density at radius 3 is 2.35 bits per heavy atom. The molecule has 0 saturated heterocycles. The highest BCUT2D eigenvalue weighted by atomic mass is 35.5. The molecule has 0 bridgehead atoms. The van der Waals surface area contributed by atoms with E-state index in [0.29, 0.717) is 4.90 Å². The molecule has 2 rings (SSSR count). The lowest BCUT2D eigenvalue weighted by atomic mass is 10.2. The lowest BCUT2D eigenvalue weighted by Crippen LogP contribution is -2.46. The van der Waals surface area contributed by atoms with Crippen molar-refractivity contribution in [1.82, 2.24) is 9.24 Å². The van der Waals surface area contributed by atoms with E-state index in [4.69, 9.17) is 35.4 Å². The lowest BCUT2D eigenvalue weighted by Gasteiger charge is -2.16. The molecule has 0 atom stereocenters. The Balaban J connectivity index is 2.94. The van der Waals surface area contributed by atoms with Gasteiger partial charge in [-0.25, -0.2) is 18.4 Å². The summed E-state index contributed by atoms with van der Waals surface area (Å²) < 4.78 is 53.1. The maximum absolute atomic E-state index is 14.4. The Bertz CT molecular complexity index is 996. The number of hydrogen-bond donors (Lipinski definition) is 2. The molecule has 0 amide bonds. The summed E-state index contributed by atoms with van der Waals surface area (Å²) >= 11 is 11.3. The van der Waals surface area contributed by atoms with Crippen LogP contribution in [0.5, 0.6) is 0 Å². The number of thiocarbonyl (C=S) groups is 1. The van der Waals surface area contributed by atoms with Crippen molar-refractivity contribution in [2.24, 2.45) is 5.73 Å². The van der Waals surface area contributed by atoms with Gasteiger partial charge in [-0.1, -0.05) is 23.8 Å². The summed E-state index contributed by atoms with van der Waals surface area (Å²) in [6.45, 7) is 0. The van der Waals surface area contributed by atoms with Crippen molar-refractivity contribution in [3.8, 4) is 5.69 Å². The average molecular weight is 429 g/mol. The van der Waals surface area contributed by atoms with Crippen LogP contribution in [0.3, 0.4) is 0 Å². The molecule has 0 aliphatic rings. The molecule has 1 heterocycles. The molecule has 26 heavy (non-hydrogen) atoms. The number of thioether (sulfide) groups is 1. The van der Waals surface area contributed by atoms with Gasteiger partial charge in [-0.3, -0.25) is 4.79 Å². The van der Waals surface area contributed by atoms with Gasteiger partial charge >= 0.3 is 11.9 Å². The van der Waals surface area contributed by atoms with Crippen molar-refractivity contribution < 1.29 is 17.6 Å². The first kappa shape index (κ1) is 20.3. The van der Waals surface area contributed by atoms with Crippen LogP contribution in [0, 0.1) is 5.82 Å². The average Bonchev–Trinajstić information content (AvgIpc) is 2.53. The van der Waals surface area contributed by atoms with Crippen LogP contribution in [0.4, 0.5) is 17.6 Å². The van der Waals surface area contributed by atoms with E-state index in [2.05, 4.69) is 0 Å². The van der Waals surface area contributed by atoms with Gasteiger partial charge in [0.15, 0.2) is 5.69 Å². The van der Waals surface area contributed by atoms with E-state index >= 15 is 0 Å². The van der Waals surface area contributed by atoms with Gasteiger partial charge in [-0.2, -0.15) is 13.2 Å². The zero-order chi connectivity index (χ0) is 20.0. The maximum Gasteiger partial charge on any atom is 0.435 e. The van der Waals surface area contributed by atoms with Crippen molar-refractivity contribution >= 4 is 40.6 Å². The van der Waals surface area contributed by atoms with Gasteiger partial charge in [-0.05, 0) is 18.4 Å². The first-order valence-electron chi connectivity index (χ1n) is 6.49. The first-order chi connectivity index (χ1) is 11.9. The molecule has 0 saturated carbocycles. The van der Waals surface area contributed by atoms with Gasteiger partial charge in [0.1, 0.15) is 15.8 Å². The van der Waals surface area contributed by atoms with Crippen LogP contribution in [0.25, 0.3) is 5.69 Å². The third-order valence-electron chi connectivity index (χ3n) is 3.28. The summed E-state index contributed by atoms with van der Waals surface area (Å²) in [6, 6.07) is 1.91. The second-order valence-electron chi connectivity index (χ2n) is 4.82. The lowest BCUT2D eigenvalue weighted by molar-refractivity contribution is -0.143. The molecule has 1 aromatic carbocycles. The summed E-state index contributed by atoms with van der Waals surface area (Å²) in [5, 5.41) is -1.37. The van der Waals surface area contributed by atoms with Crippen molar-refractivity contribution in [3.05, 3.63) is 55.1 Å². The highest BCUT2D eigenvalue weighted by Crippen LogP contribution is 2.32. The van der Waals surface area contributed by atoms with E-state index in [-0.39, 0.29) is 19.8 Å². The van der Waals surface area contributed by atoms with E-state index in [9.17, 15) is 27.2 Å². The quantitative estimate of drug-likeness (QED) is 0.335. The topological polar surface area (TPSA) is 96.0 Å². The Morgan fingerprint density at radius 2 is 1.88 bits per heavy atom. The molecule has 2 aromatic rings. The Labute approximate surface area is 157 Å². The van der Waals surface area contributed by atoms with Crippen LogP contribution in [0.1, 0.15) is 11.3 Å². The molecular weight excluding hydrogens is 420 g/mol. The minimum absolute atomic E-state index is 0.107. The summed E-state index contributed by atoms with van der Waals surface area (Å²) in [7, 11) is 0. The monoisotopic (exact) mass is 428 g/mol. The van der Waals surface area contributed by atoms with Crippen molar-refractivity contribution in [2.45, 2.75) is 11.1 Å². The number of alkyl halides is 3. The van der Waals surface area contributed by atoms with E-state index in [1.807, 2.05) is 0 Å². The van der Waals surface area contributed by atoms with Crippen molar-refractivity contribution in [3.63, 3.8) is 0 Å². The second-order valence-corrected chi connectivity index (χ2v) is 6.49. The minimum Gasteiger partial charge on any atom is -0.389 e. The predicted molar refractivity (Wildman–Crippen MR) is 94.1 cm³/mol. The summed E-state index contributed by atoms with van der Waals surface area (Å²) in [4.78, 5) is 24.6. The maximum atomic E-state index is 14.4. The molecular formula is C13H9ClF4N4O2S2. The number of nitrogens with zero attached hydrogens (tertiary/aromatic N) is 2. The smallest absolute Gasteiger partial charge is 0.389 e. The number of benzene rings is 1. The van der Waals surface area contributed by atoms with E-state index in [1.54, 1.807) is 6.26 Å². The normalized spacial score (nSPS) is 11.6. The zero-order valence-electron chi connectivity index (χ0n) is 12.7. The number of aromatic nitrogens is 2. The van der Waals surface area contributed by atoms with Crippen LogP contribution in [-0.4, -0.2) is 20.5 Å². The highest BCUT2D eigenvalue weighted by molar-refractivity contribution is 7.98. The molecule has 6 nitrogen and oxygen atoms in total. The summed E-state index contributed by atoms with van der Waals surface area (Å²) in [6.07, 6.45) is -3.58. The van der Waals surface area contributed by atoms with E-state index in [1.165, 1.54) is 0 Å². The van der Waals surface area contributed by atoms with Crippen LogP contribution in [0.15, 0.2) is 26.6 Å². The predicted octanol–water partition coefficient (Wildman–Crippen LogP) is 1.88. The Hall–Kier alpha value is -2.05. The second kappa shape index (κ2) is 6.93. The highest BCUT2D eigenvalue weighted by Gasteiger charge is 2.39. The van der Waals surface area contributed by atoms with Crippen molar-refractivity contribution in [2.75, 3.05) is 12.1 Å². The molecule has 0 radical (unpaired) electrons. The molecule has 1 aromatic heterocycles. The van der Waals surface area contributed by atoms with Gasteiger partial charge < -0.3 is 11.6 Å². The number of nitrogen functional groups attached to an aromatic ring is 1. The van der Waals surface area contributed by atoms with Gasteiger partial charge in [0.2, 0.25) is 0 Å². The number of rotatable bonds is 3. The largest absolute Gasteiger partial charge is 0.435 e. The molecule has 0 unspecified atom stereocenters. The van der Waals surface area contributed by atoms with E-state index in [0.717, 1.165) is 23.9 Å². The number of nitrogens with two attached hydrogens (primary N) is 2. The van der Waals surface area contributed by atoms with Crippen LogP contribution in [0.2, 0.25) is 5.02 Å². The van der Waals surface area contributed by atoms with Gasteiger partial charge in [0, 0.05) is 10.5 Å². The SMILES string of the molecule is CSc1cc(-n2c(=O)c(Cl)c(C(F)(F)F)n(N)c2=O)c(F)cc1C(N)=S. The van der Waals surface area contributed by atoms with Gasteiger partial charge in [0.25, 0.3) is 5.56 Å². The fourth-order valence-corrected chi connectivity index (χ4v) is 3.28. The molecule has 0 fully saturated rings. The Morgan fingerprint density at radius 1 is 1.31 bits per heavy atom. The van der Waals surface area contributed by atoms with Gasteiger partial charge in [0.05, 0.1) is 5.69 Å². The summed E-state index contributed by atoms with van der Waals surface area (Å²) in [5.74, 6) is 4.02. The minimum atomic E-state index is -5.16. The molecule has 13 heteroatoms. The molecule has 0 spiro atoms. The zero-order valence-corrected chi connectivity index (χ0v) is 15.1. The molecule has 0 aliphatic carbocycles. The number of hydrogen-bond acceptors (Lipinski definition) is 5. The molecule has 4 N–H and O–H groups in total. The van der Waals surface area contributed by atoms with Crippen LogP contribution < -0.4 is 22.8 Å². The fourth-order valence-electron chi connectivity index (χ4n) is 2.14. The Kier molecular flexibility index (Phi) is 5.40. The van der Waals surface area contributed by atoms with Gasteiger partial charge in [-0.15, -0.1) is 11.8 Å². The standard InChI is InChI=1S/C13H9ClF4N4O2S2/c1-26-7-3-6(5(15)2-4(7)10(19)25)21-11(23)8(14)9(13(16,17)18)22(20)12(21)24/h2-3H,20H2,1H3,(H2,19,25). The molecule has 0 aliphatic heterocycles. The van der Waals surface area contributed by atoms with E-state index < -0.39 is 39.6 Å². The molecule has 140 valence electrons. The number of halogens is 5. The third kappa shape index (κ3) is 3.31.